The monoisotopic (exact) mass is 651 g/mol. The molecule has 3 aliphatic rings. The molecule has 1 spiro atoms. The first kappa shape index (κ1) is 36.3. The van der Waals surface area contributed by atoms with Gasteiger partial charge in [-0.05, 0) is 51.0 Å². The van der Waals surface area contributed by atoms with Crippen molar-refractivity contribution < 1.29 is 33.8 Å². The fraction of sp³-hybridized carbons (Fsp3) is 0.622. The lowest BCUT2D eigenvalue weighted by molar-refractivity contribution is -0.164. The molecule has 2 bridgehead atoms. The molecule has 3 amide bonds. The molecule has 10 heteroatoms. The second-order valence-electron chi connectivity index (χ2n) is 13.1. The normalized spacial score (nSPS) is 25.6. The van der Waals surface area contributed by atoms with Gasteiger partial charge in [0.25, 0.3) is 0 Å². The Morgan fingerprint density at radius 1 is 1.15 bits per heavy atom. The maximum atomic E-state index is 14.4. The summed E-state index contributed by atoms with van der Waals surface area (Å²) in [5, 5.41) is 9.47. The standard InChI is InChI=1S/C37H53N3O7/c1-6-9-14-23-39(22-8-3)35(44)33-37-21-20-28(47-37)30(31(37)34(43)40(33)24-15-16-25-41)36(45)46-32(27-17-12-11-13-18-27)26(4)38(5)29(42)19-10-7-2/h7-8,11-13,17-18,26,28,30-33,41H,2-3,6,9-10,14-16,19-25H2,1,4-5H3/t26-,28+,30-,31-,32+,33+,37-/m1/s1. The number of esters is 1. The van der Waals surface area contributed by atoms with Gasteiger partial charge in [-0.1, -0.05) is 62.2 Å². The van der Waals surface area contributed by atoms with E-state index in [0.717, 1.165) is 24.8 Å². The summed E-state index contributed by atoms with van der Waals surface area (Å²) in [7, 11) is 1.70. The van der Waals surface area contributed by atoms with E-state index in [0.29, 0.717) is 51.6 Å². The zero-order chi connectivity index (χ0) is 34.1. The van der Waals surface area contributed by atoms with Gasteiger partial charge >= 0.3 is 5.97 Å². The summed E-state index contributed by atoms with van der Waals surface area (Å²) in [4.78, 5) is 60.9. The van der Waals surface area contributed by atoms with E-state index in [9.17, 15) is 24.3 Å². The van der Waals surface area contributed by atoms with Gasteiger partial charge in [-0.3, -0.25) is 19.2 Å². The van der Waals surface area contributed by atoms with Crippen molar-refractivity contribution in [1.29, 1.82) is 0 Å². The number of benzene rings is 1. The van der Waals surface area contributed by atoms with Crippen molar-refractivity contribution in [2.45, 2.75) is 102 Å². The molecule has 3 saturated heterocycles. The third kappa shape index (κ3) is 7.49. The van der Waals surface area contributed by atoms with Gasteiger partial charge in [0.15, 0.2) is 0 Å². The Morgan fingerprint density at radius 3 is 2.55 bits per heavy atom. The van der Waals surface area contributed by atoms with Gasteiger partial charge in [0.2, 0.25) is 17.7 Å². The number of unbranched alkanes of at least 4 members (excludes halogenated alkanes) is 3. The molecule has 0 saturated carbocycles. The Morgan fingerprint density at radius 2 is 1.89 bits per heavy atom. The lowest BCUT2D eigenvalue weighted by atomic mass is 9.70. The molecule has 1 N–H and O–H groups in total. The predicted octanol–water partition coefficient (Wildman–Crippen LogP) is 4.44. The van der Waals surface area contributed by atoms with Gasteiger partial charge in [-0.15, -0.1) is 13.2 Å². The van der Waals surface area contributed by atoms with Crippen LogP contribution in [0.5, 0.6) is 0 Å². The number of aliphatic hydroxyl groups excluding tert-OH is 1. The van der Waals surface area contributed by atoms with E-state index < -0.39 is 47.7 Å². The molecule has 47 heavy (non-hydrogen) atoms. The van der Waals surface area contributed by atoms with Gasteiger partial charge in [-0.2, -0.15) is 0 Å². The Hall–Kier alpha value is -3.50. The zero-order valence-corrected chi connectivity index (χ0v) is 28.4. The third-order valence-corrected chi connectivity index (χ3v) is 10.2. The van der Waals surface area contributed by atoms with E-state index in [2.05, 4.69) is 20.1 Å². The minimum atomic E-state index is -1.14. The highest BCUT2D eigenvalue weighted by Crippen LogP contribution is 2.59. The average Bonchev–Trinajstić information content (AvgIpc) is 3.72. The number of likely N-dealkylation sites (N-methyl/N-ethyl adjacent to an activating group) is 1. The topological polar surface area (TPSA) is 117 Å². The van der Waals surface area contributed by atoms with E-state index in [1.807, 2.05) is 37.3 Å². The molecule has 258 valence electrons. The molecule has 3 fully saturated rings. The molecule has 0 aromatic heterocycles. The van der Waals surface area contributed by atoms with Crippen LogP contribution in [0.4, 0.5) is 0 Å². The number of fused-ring (bicyclic) bond motifs is 1. The maximum absolute atomic E-state index is 14.4. The van der Waals surface area contributed by atoms with Crippen LogP contribution in [0.3, 0.4) is 0 Å². The fourth-order valence-electron chi connectivity index (χ4n) is 7.63. The molecule has 1 aromatic rings. The zero-order valence-electron chi connectivity index (χ0n) is 28.4. The van der Waals surface area contributed by atoms with Crippen LogP contribution >= 0.6 is 0 Å². The Kier molecular flexibility index (Phi) is 12.8. The minimum absolute atomic E-state index is 0.0219. The highest BCUT2D eigenvalue weighted by Gasteiger charge is 2.75. The first-order chi connectivity index (χ1) is 22.7. The fourth-order valence-corrected chi connectivity index (χ4v) is 7.63. The number of nitrogens with zero attached hydrogens (tertiary/aromatic N) is 3. The number of likely N-dealkylation sites (tertiary alicyclic amines) is 1. The predicted molar refractivity (Wildman–Crippen MR) is 179 cm³/mol. The number of hydrogen-bond donors (Lipinski definition) is 1. The number of ether oxygens (including phenoxy) is 2. The van der Waals surface area contributed by atoms with Gasteiger partial charge in [-0.25, -0.2) is 0 Å². The van der Waals surface area contributed by atoms with Crippen LogP contribution in [-0.4, -0.2) is 101 Å². The maximum Gasteiger partial charge on any atom is 0.313 e. The van der Waals surface area contributed by atoms with Crippen LogP contribution in [0.25, 0.3) is 0 Å². The Balaban J connectivity index is 1.65. The molecule has 1 aromatic carbocycles. The van der Waals surface area contributed by atoms with Crippen LogP contribution in [0.2, 0.25) is 0 Å². The summed E-state index contributed by atoms with van der Waals surface area (Å²) < 4.78 is 12.9. The van der Waals surface area contributed by atoms with Crippen molar-refractivity contribution >= 4 is 23.7 Å². The van der Waals surface area contributed by atoms with Crippen LogP contribution in [0.15, 0.2) is 55.6 Å². The third-order valence-electron chi connectivity index (χ3n) is 10.2. The molecule has 7 atom stereocenters. The number of amides is 3. The molecule has 3 aliphatic heterocycles. The Bertz CT molecular complexity index is 1270. The van der Waals surface area contributed by atoms with Gasteiger partial charge in [0.05, 0.1) is 24.0 Å². The number of hydrogen-bond acceptors (Lipinski definition) is 7. The van der Waals surface area contributed by atoms with E-state index in [-0.39, 0.29) is 30.9 Å². The summed E-state index contributed by atoms with van der Waals surface area (Å²) in [6.45, 7) is 12.7. The first-order valence-electron chi connectivity index (χ1n) is 17.3. The average molecular weight is 652 g/mol. The highest BCUT2D eigenvalue weighted by atomic mass is 16.6. The first-order valence-corrected chi connectivity index (χ1v) is 17.3. The summed E-state index contributed by atoms with van der Waals surface area (Å²) in [6.07, 6.45) is 7.71. The molecular weight excluding hydrogens is 598 g/mol. The largest absolute Gasteiger partial charge is 0.455 e. The Labute approximate surface area is 279 Å². The molecule has 10 nitrogen and oxygen atoms in total. The van der Waals surface area contributed by atoms with Crippen molar-refractivity contribution in [3.8, 4) is 0 Å². The number of carbonyl (C=O) groups excluding carboxylic acids is 4. The molecule has 0 aliphatic carbocycles. The van der Waals surface area contributed by atoms with Gasteiger partial charge in [0.1, 0.15) is 17.7 Å². The van der Waals surface area contributed by atoms with Crippen LogP contribution in [-0.2, 0) is 28.7 Å². The summed E-state index contributed by atoms with van der Waals surface area (Å²) in [5.74, 6) is -2.87. The van der Waals surface area contributed by atoms with Crippen molar-refractivity contribution in [3.63, 3.8) is 0 Å². The summed E-state index contributed by atoms with van der Waals surface area (Å²) >= 11 is 0. The highest BCUT2D eigenvalue weighted by molar-refractivity contribution is 5.98. The lowest BCUT2D eigenvalue weighted by Crippen LogP contribution is -2.56. The van der Waals surface area contributed by atoms with Crippen LogP contribution < -0.4 is 0 Å². The molecule has 0 radical (unpaired) electrons. The van der Waals surface area contributed by atoms with Crippen molar-refractivity contribution in [1.82, 2.24) is 14.7 Å². The van der Waals surface area contributed by atoms with E-state index >= 15 is 0 Å². The van der Waals surface area contributed by atoms with Crippen LogP contribution in [0, 0.1) is 11.8 Å². The van der Waals surface area contributed by atoms with Crippen LogP contribution in [0.1, 0.15) is 83.3 Å². The van der Waals surface area contributed by atoms with Gasteiger partial charge < -0.3 is 29.3 Å². The number of carbonyl (C=O) groups is 4. The second-order valence-corrected chi connectivity index (χ2v) is 13.1. The molecular formula is C37H53N3O7. The van der Waals surface area contributed by atoms with E-state index in [1.54, 1.807) is 33.9 Å². The van der Waals surface area contributed by atoms with Crippen molar-refractivity contribution in [2.75, 3.05) is 33.3 Å². The number of rotatable bonds is 19. The minimum Gasteiger partial charge on any atom is -0.455 e. The van der Waals surface area contributed by atoms with Crippen molar-refractivity contribution in [3.05, 3.63) is 61.2 Å². The van der Waals surface area contributed by atoms with Crippen molar-refractivity contribution in [2.24, 2.45) is 11.8 Å². The van der Waals surface area contributed by atoms with Gasteiger partial charge in [0, 0.05) is 39.7 Å². The number of aliphatic hydroxyl groups is 1. The SMILES string of the molecule is C=CCCC(=O)N(C)[C@H](C)[C@H](OC(=O)[C@@H]1[C@@H]2CC[C@]3(O2)[C@H](C(=O)N(CC=C)CCCCC)N(CCCCO)C(=O)[C@@H]13)c1ccccc1. The molecule has 3 heterocycles. The quantitative estimate of drug-likeness (QED) is 0.134. The lowest BCUT2D eigenvalue weighted by Gasteiger charge is -2.37. The molecule has 0 unspecified atom stereocenters. The molecule has 4 rings (SSSR count). The van der Waals surface area contributed by atoms with E-state index in [4.69, 9.17) is 9.47 Å². The smallest absolute Gasteiger partial charge is 0.313 e. The second kappa shape index (κ2) is 16.6. The van der Waals surface area contributed by atoms with E-state index in [1.165, 1.54) is 0 Å². The summed E-state index contributed by atoms with van der Waals surface area (Å²) in [6, 6.07) is 7.94. The summed E-state index contributed by atoms with van der Waals surface area (Å²) in [5.41, 5.74) is -0.406. The number of allylic oxidation sites excluding steroid dienone is 1.